The number of hydrogen-bond acceptors (Lipinski definition) is 4. The highest BCUT2D eigenvalue weighted by molar-refractivity contribution is 14.0. The summed E-state index contributed by atoms with van der Waals surface area (Å²) in [4.78, 5) is 18.4. The van der Waals surface area contributed by atoms with E-state index < -0.39 is 15.6 Å². The predicted octanol–water partition coefficient (Wildman–Crippen LogP) is 2.45. The Morgan fingerprint density at radius 2 is 1.90 bits per heavy atom. The molecule has 0 spiro atoms. The highest BCUT2D eigenvalue weighted by Crippen LogP contribution is 2.18. The van der Waals surface area contributed by atoms with Gasteiger partial charge in [0.05, 0.1) is 11.4 Å². The van der Waals surface area contributed by atoms with E-state index >= 15 is 0 Å². The van der Waals surface area contributed by atoms with Gasteiger partial charge in [-0.2, -0.15) is 0 Å². The number of aliphatic imine (C=N–C) groups is 1. The zero-order chi connectivity index (χ0) is 22.2. The van der Waals surface area contributed by atoms with Crippen LogP contribution in [0.2, 0.25) is 0 Å². The van der Waals surface area contributed by atoms with Gasteiger partial charge in [0, 0.05) is 38.1 Å². The Morgan fingerprint density at radius 1 is 1.19 bits per heavy atom. The van der Waals surface area contributed by atoms with E-state index in [9.17, 15) is 13.2 Å². The lowest BCUT2D eigenvalue weighted by molar-refractivity contribution is -0.127. The lowest BCUT2D eigenvalue weighted by atomic mass is 10.1. The van der Waals surface area contributed by atoms with Crippen LogP contribution in [0.25, 0.3) is 0 Å². The maximum Gasteiger partial charge on any atom is 0.241 e. The molecule has 1 amide bonds. The van der Waals surface area contributed by atoms with Crippen LogP contribution in [0.5, 0.6) is 0 Å². The van der Waals surface area contributed by atoms with Crippen molar-refractivity contribution in [2.24, 2.45) is 4.99 Å². The number of guanidine groups is 1. The Morgan fingerprint density at radius 3 is 2.52 bits per heavy atom. The molecule has 8 nitrogen and oxygen atoms in total. The number of nitrogens with zero attached hydrogens (tertiary/aromatic N) is 2. The molecule has 1 heterocycles. The van der Waals surface area contributed by atoms with Crippen molar-refractivity contribution in [1.29, 1.82) is 0 Å². The minimum absolute atomic E-state index is 0. The van der Waals surface area contributed by atoms with Crippen molar-refractivity contribution < 1.29 is 13.2 Å². The van der Waals surface area contributed by atoms with Crippen molar-refractivity contribution in [3.63, 3.8) is 0 Å². The van der Waals surface area contributed by atoms with Gasteiger partial charge in [-0.25, -0.2) is 18.1 Å². The first-order valence-electron chi connectivity index (χ1n) is 10.5. The topological polar surface area (TPSA) is 103 Å². The van der Waals surface area contributed by atoms with Gasteiger partial charge in [-0.3, -0.25) is 4.79 Å². The summed E-state index contributed by atoms with van der Waals surface area (Å²) in [6, 6.07) is 6.91. The standard InChI is InChI=1S/C21H35N5O3S.HI/c1-5-22-20(23-13-9-15-26-14-8-12-19(26)27)24-16-17-10-6-7-11-18(17)30(28,29)25-21(2,3)4;/h6-7,10-11,25H,5,8-9,12-16H2,1-4H3,(H2,22,23,24);1H. The second-order valence-electron chi connectivity index (χ2n) is 8.42. The molecular formula is C21H36IN5O3S. The van der Waals surface area contributed by atoms with Gasteiger partial charge in [0.25, 0.3) is 0 Å². The van der Waals surface area contributed by atoms with Crippen molar-refractivity contribution in [2.45, 2.75) is 63.9 Å². The van der Waals surface area contributed by atoms with Crippen molar-refractivity contribution in [2.75, 3.05) is 26.2 Å². The quantitative estimate of drug-likeness (QED) is 0.185. The molecule has 0 saturated carbocycles. The summed E-state index contributed by atoms with van der Waals surface area (Å²) in [5.41, 5.74) is 0.0664. The first kappa shape index (κ1) is 27.6. The number of likely N-dealkylation sites (tertiary alicyclic amines) is 1. The SMILES string of the molecule is CCNC(=NCc1ccccc1S(=O)(=O)NC(C)(C)C)NCCCN1CCCC1=O.I. The molecule has 1 fully saturated rings. The van der Waals surface area contributed by atoms with E-state index in [0.717, 1.165) is 25.9 Å². The number of benzene rings is 1. The Kier molecular flexibility index (Phi) is 11.2. The van der Waals surface area contributed by atoms with Gasteiger partial charge in [-0.05, 0) is 52.2 Å². The Labute approximate surface area is 203 Å². The molecule has 1 saturated heterocycles. The van der Waals surface area contributed by atoms with Crippen LogP contribution in [0.3, 0.4) is 0 Å². The van der Waals surface area contributed by atoms with Gasteiger partial charge in [0.2, 0.25) is 15.9 Å². The Balaban J connectivity index is 0.00000480. The number of carbonyl (C=O) groups excluding carboxylic acids is 1. The molecular weight excluding hydrogens is 529 g/mol. The van der Waals surface area contributed by atoms with Gasteiger partial charge in [0.15, 0.2) is 5.96 Å². The summed E-state index contributed by atoms with van der Waals surface area (Å²) in [5, 5.41) is 6.44. The van der Waals surface area contributed by atoms with Crippen molar-refractivity contribution in [1.82, 2.24) is 20.3 Å². The number of halogens is 1. The summed E-state index contributed by atoms with van der Waals surface area (Å²) in [6.07, 6.45) is 2.43. The summed E-state index contributed by atoms with van der Waals surface area (Å²) < 4.78 is 28.3. The maximum absolute atomic E-state index is 12.8. The molecule has 3 N–H and O–H groups in total. The van der Waals surface area contributed by atoms with E-state index in [1.54, 1.807) is 18.2 Å². The van der Waals surface area contributed by atoms with Gasteiger partial charge in [0.1, 0.15) is 0 Å². The predicted molar refractivity (Wildman–Crippen MR) is 135 cm³/mol. The summed E-state index contributed by atoms with van der Waals surface area (Å²) in [5.74, 6) is 0.860. The highest BCUT2D eigenvalue weighted by Gasteiger charge is 2.24. The lowest BCUT2D eigenvalue weighted by Gasteiger charge is -2.21. The number of amides is 1. The van der Waals surface area contributed by atoms with Crippen LogP contribution in [-0.4, -0.2) is 56.9 Å². The Bertz CT molecular complexity index is 853. The summed E-state index contributed by atoms with van der Waals surface area (Å²) in [6.45, 7) is 10.6. The van der Waals surface area contributed by atoms with E-state index in [2.05, 4.69) is 20.3 Å². The fourth-order valence-corrected chi connectivity index (χ4v) is 4.93. The molecule has 1 aliphatic rings. The normalized spacial score (nSPS) is 15.0. The third kappa shape index (κ3) is 9.32. The highest BCUT2D eigenvalue weighted by atomic mass is 127. The minimum Gasteiger partial charge on any atom is -0.357 e. The second-order valence-corrected chi connectivity index (χ2v) is 10.1. The van der Waals surface area contributed by atoms with Crippen LogP contribution < -0.4 is 15.4 Å². The van der Waals surface area contributed by atoms with Crippen LogP contribution in [0.4, 0.5) is 0 Å². The monoisotopic (exact) mass is 565 g/mol. The third-order valence-electron chi connectivity index (χ3n) is 4.52. The van der Waals surface area contributed by atoms with E-state index in [4.69, 9.17) is 0 Å². The fourth-order valence-electron chi connectivity index (χ4n) is 3.28. The first-order chi connectivity index (χ1) is 14.1. The second kappa shape index (κ2) is 12.6. The van der Waals surface area contributed by atoms with Crippen LogP contribution in [-0.2, 0) is 21.4 Å². The van der Waals surface area contributed by atoms with E-state index in [1.165, 1.54) is 0 Å². The van der Waals surface area contributed by atoms with E-state index in [0.29, 0.717) is 31.0 Å². The average Bonchev–Trinajstić information content (AvgIpc) is 3.06. The molecule has 0 unspecified atom stereocenters. The number of rotatable bonds is 9. The maximum atomic E-state index is 12.8. The molecule has 2 rings (SSSR count). The zero-order valence-electron chi connectivity index (χ0n) is 18.9. The number of nitrogens with one attached hydrogen (secondary N) is 3. The van der Waals surface area contributed by atoms with E-state index in [-0.39, 0.29) is 41.3 Å². The van der Waals surface area contributed by atoms with Crippen molar-refractivity contribution in [3.8, 4) is 0 Å². The molecule has 0 aliphatic carbocycles. The molecule has 0 radical (unpaired) electrons. The Hall–Kier alpha value is -1.40. The van der Waals surface area contributed by atoms with Crippen LogP contribution in [0.1, 0.15) is 52.5 Å². The van der Waals surface area contributed by atoms with Gasteiger partial charge in [-0.15, -0.1) is 24.0 Å². The molecule has 0 bridgehead atoms. The smallest absolute Gasteiger partial charge is 0.241 e. The summed E-state index contributed by atoms with van der Waals surface area (Å²) >= 11 is 0. The van der Waals surface area contributed by atoms with Crippen molar-refractivity contribution in [3.05, 3.63) is 29.8 Å². The average molecular weight is 566 g/mol. The number of carbonyl (C=O) groups is 1. The van der Waals surface area contributed by atoms with Crippen molar-refractivity contribution >= 4 is 45.9 Å². The van der Waals surface area contributed by atoms with E-state index in [1.807, 2.05) is 38.7 Å². The minimum atomic E-state index is -3.64. The largest absolute Gasteiger partial charge is 0.357 e. The first-order valence-corrected chi connectivity index (χ1v) is 12.0. The van der Waals surface area contributed by atoms with Gasteiger partial charge >= 0.3 is 0 Å². The molecule has 1 aliphatic heterocycles. The molecule has 31 heavy (non-hydrogen) atoms. The molecule has 1 aromatic rings. The fraction of sp³-hybridized carbons (Fsp3) is 0.619. The third-order valence-corrected chi connectivity index (χ3v) is 6.38. The molecule has 10 heteroatoms. The molecule has 1 aromatic carbocycles. The molecule has 176 valence electrons. The van der Waals surface area contributed by atoms with Crippen LogP contribution in [0.15, 0.2) is 34.2 Å². The molecule has 0 atom stereocenters. The number of sulfonamides is 1. The van der Waals surface area contributed by atoms with Crippen LogP contribution >= 0.6 is 24.0 Å². The van der Waals surface area contributed by atoms with Crippen LogP contribution in [0, 0.1) is 0 Å². The number of hydrogen-bond donors (Lipinski definition) is 3. The zero-order valence-corrected chi connectivity index (χ0v) is 22.0. The summed E-state index contributed by atoms with van der Waals surface area (Å²) in [7, 11) is -3.64. The lowest BCUT2D eigenvalue weighted by Crippen LogP contribution is -2.41. The van der Waals surface area contributed by atoms with Gasteiger partial charge in [-0.1, -0.05) is 18.2 Å². The molecule has 0 aromatic heterocycles. The van der Waals surface area contributed by atoms with Gasteiger partial charge < -0.3 is 15.5 Å².